The Morgan fingerprint density at radius 1 is 1.07 bits per heavy atom. The number of nitrogens with zero attached hydrogens (tertiary/aromatic N) is 1. The van der Waals surface area contributed by atoms with Crippen LogP contribution in [0.1, 0.15) is 45.1 Å². The molecule has 0 atom stereocenters. The van der Waals surface area contributed by atoms with Gasteiger partial charge in [0.1, 0.15) is 18.9 Å². The lowest BCUT2D eigenvalue weighted by atomic mass is 10.1. The summed E-state index contributed by atoms with van der Waals surface area (Å²) in [6.07, 6.45) is 1.30. The first kappa shape index (κ1) is 20.4. The molecule has 0 N–H and O–H groups in total. The van der Waals surface area contributed by atoms with Gasteiger partial charge in [0.15, 0.2) is 23.1 Å². The molecule has 1 aliphatic rings. The Kier molecular flexibility index (Phi) is 6.16. The third-order valence-electron chi connectivity index (χ3n) is 4.15. The van der Waals surface area contributed by atoms with Gasteiger partial charge in [0.2, 0.25) is 0 Å². The number of ether oxygens (including phenoxy) is 4. The van der Waals surface area contributed by atoms with Gasteiger partial charge in [-0.2, -0.15) is 0 Å². The summed E-state index contributed by atoms with van der Waals surface area (Å²) in [4.78, 5) is 36.9. The van der Waals surface area contributed by atoms with Crippen molar-refractivity contribution < 1.29 is 37.7 Å². The van der Waals surface area contributed by atoms with Crippen molar-refractivity contribution >= 4 is 17.7 Å². The fraction of sp³-hybridized carbons (Fsp3) is 0.350. The van der Waals surface area contributed by atoms with E-state index in [2.05, 4.69) is 0 Å². The number of carbonyl (C=O) groups excluding carboxylic acids is 3. The summed E-state index contributed by atoms with van der Waals surface area (Å²) in [5, 5.41) is 0. The zero-order valence-corrected chi connectivity index (χ0v) is 16.0. The molecule has 1 aliphatic heterocycles. The summed E-state index contributed by atoms with van der Waals surface area (Å²) >= 11 is 0. The van der Waals surface area contributed by atoms with Crippen LogP contribution in [-0.4, -0.2) is 48.7 Å². The molecule has 0 aliphatic carbocycles. The van der Waals surface area contributed by atoms with Crippen molar-refractivity contribution in [2.45, 2.75) is 20.4 Å². The van der Waals surface area contributed by atoms with Crippen molar-refractivity contribution in [3.05, 3.63) is 47.0 Å². The molecular weight excluding hydrogens is 385 g/mol. The lowest BCUT2D eigenvalue weighted by Gasteiger charge is -2.19. The van der Waals surface area contributed by atoms with Gasteiger partial charge in [-0.05, 0) is 32.0 Å². The summed E-state index contributed by atoms with van der Waals surface area (Å²) in [7, 11) is 0. The van der Waals surface area contributed by atoms with E-state index in [1.807, 2.05) is 0 Å². The Labute approximate surface area is 166 Å². The molecule has 154 valence electrons. The van der Waals surface area contributed by atoms with Gasteiger partial charge < -0.3 is 23.5 Å². The van der Waals surface area contributed by atoms with Crippen LogP contribution in [-0.2, 0) is 16.0 Å². The average Bonchev–Trinajstić information content (AvgIpc) is 3.13. The molecule has 3 rings (SSSR count). The van der Waals surface area contributed by atoms with E-state index >= 15 is 0 Å². The van der Waals surface area contributed by atoms with E-state index in [-0.39, 0.29) is 54.7 Å². The maximum atomic E-state index is 14.7. The number of carbonyl (C=O) groups is 3. The lowest BCUT2D eigenvalue weighted by molar-refractivity contribution is 0.0512. The predicted molar refractivity (Wildman–Crippen MR) is 98.1 cm³/mol. The topological polar surface area (TPSA) is 93.1 Å². The number of hydrogen-bond donors (Lipinski definition) is 0. The smallest absolute Gasteiger partial charge is 0.354 e. The summed E-state index contributed by atoms with van der Waals surface area (Å²) in [5.41, 5.74) is -0.137. The SMILES string of the molecule is CCOC(=O)c1cc(C(=O)OCC)n(CC(=O)c2ccc3c(c2F)OCCO3)c1. The number of esters is 2. The monoisotopic (exact) mass is 405 g/mol. The number of rotatable bonds is 7. The van der Waals surface area contributed by atoms with E-state index in [1.165, 1.54) is 29.0 Å². The molecule has 8 nitrogen and oxygen atoms in total. The molecule has 0 saturated heterocycles. The molecule has 0 amide bonds. The second kappa shape index (κ2) is 8.76. The van der Waals surface area contributed by atoms with Gasteiger partial charge in [0, 0.05) is 6.20 Å². The Balaban J connectivity index is 1.91. The van der Waals surface area contributed by atoms with Gasteiger partial charge in [0.25, 0.3) is 0 Å². The summed E-state index contributed by atoms with van der Waals surface area (Å²) in [6, 6.07) is 4.03. The molecule has 1 aromatic carbocycles. The van der Waals surface area contributed by atoms with Crippen LogP contribution in [0.4, 0.5) is 4.39 Å². The number of hydrogen-bond acceptors (Lipinski definition) is 7. The molecular formula is C20H20FNO7. The van der Waals surface area contributed by atoms with Gasteiger partial charge in [-0.3, -0.25) is 4.79 Å². The minimum atomic E-state index is -0.831. The van der Waals surface area contributed by atoms with Crippen molar-refractivity contribution in [1.29, 1.82) is 0 Å². The van der Waals surface area contributed by atoms with E-state index in [0.29, 0.717) is 6.61 Å². The zero-order valence-electron chi connectivity index (χ0n) is 16.0. The van der Waals surface area contributed by atoms with Crippen molar-refractivity contribution in [1.82, 2.24) is 4.57 Å². The van der Waals surface area contributed by atoms with Crippen LogP contribution in [0.25, 0.3) is 0 Å². The maximum absolute atomic E-state index is 14.7. The van der Waals surface area contributed by atoms with Crippen LogP contribution in [0.2, 0.25) is 0 Å². The number of fused-ring (bicyclic) bond motifs is 1. The third-order valence-corrected chi connectivity index (χ3v) is 4.15. The minimum Gasteiger partial charge on any atom is -0.486 e. The Morgan fingerprint density at radius 3 is 2.48 bits per heavy atom. The Bertz CT molecular complexity index is 951. The molecule has 1 aromatic heterocycles. The predicted octanol–water partition coefficient (Wildman–Crippen LogP) is 2.63. The lowest BCUT2D eigenvalue weighted by Crippen LogP contribution is -2.20. The van der Waals surface area contributed by atoms with E-state index in [0.717, 1.165) is 0 Å². The molecule has 0 radical (unpaired) electrons. The fourth-order valence-corrected chi connectivity index (χ4v) is 2.88. The molecule has 0 saturated carbocycles. The van der Waals surface area contributed by atoms with Gasteiger partial charge >= 0.3 is 11.9 Å². The molecule has 0 unspecified atom stereocenters. The standard InChI is InChI=1S/C20H20FNO7/c1-3-26-19(24)12-9-14(20(25)27-4-2)22(10-12)11-15(23)13-5-6-16-18(17(13)21)29-8-7-28-16/h5-6,9-10H,3-4,7-8,11H2,1-2H3. The number of aromatic nitrogens is 1. The molecule has 0 spiro atoms. The van der Waals surface area contributed by atoms with Gasteiger partial charge in [0.05, 0.1) is 30.9 Å². The summed E-state index contributed by atoms with van der Waals surface area (Å²) in [6.45, 7) is 3.63. The number of Topliss-reactive ketones (excluding diaryl/α,β-unsaturated/α-hetero) is 1. The Morgan fingerprint density at radius 2 is 1.76 bits per heavy atom. The zero-order chi connectivity index (χ0) is 21.0. The van der Waals surface area contributed by atoms with Crippen molar-refractivity contribution in [2.75, 3.05) is 26.4 Å². The highest BCUT2D eigenvalue weighted by atomic mass is 19.1. The first-order chi connectivity index (χ1) is 14.0. The second-order valence-electron chi connectivity index (χ2n) is 6.06. The average molecular weight is 405 g/mol. The molecule has 29 heavy (non-hydrogen) atoms. The highest BCUT2D eigenvalue weighted by molar-refractivity contribution is 5.99. The minimum absolute atomic E-state index is 0.0128. The molecule has 2 aromatic rings. The maximum Gasteiger partial charge on any atom is 0.354 e. The molecule has 0 bridgehead atoms. The van der Waals surface area contributed by atoms with Crippen LogP contribution in [0, 0.1) is 5.82 Å². The molecule has 0 fully saturated rings. The van der Waals surface area contributed by atoms with Gasteiger partial charge in [-0.15, -0.1) is 0 Å². The first-order valence-electron chi connectivity index (χ1n) is 9.12. The Hall–Kier alpha value is -3.36. The van der Waals surface area contributed by atoms with Gasteiger partial charge in [-0.1, -0.05) is 0 Å². The van der Waals surface area contributed by atoms with Crippen LogP contribution in [0.3, 0.4) is 0 Å². The van der Waals surface area contributed by atoms with E-state index in [1.54, 1.807) is 13.8 Å². The number of benzene rings is 1. The van der Waals surface area contributed by atoms with E-state index < -0.39 is 23.5 Å². The summed E-state index contributed by atoms with van der Waals surface area (Å²) < 4.78 is 36.4. The highest BCUT2D eigenvalue weighted by Crippen LogP contribution is 2.34. The van der Waals surface area contributed by atoms with Crippen molar-refractivity contribution in [3.63, 3.8) is 0 Å². The molecule has 9 heteroatoms. The first-order valence-corrected chi connectivity index (χ1v) is 9.12. The van der Waals surface area contributed by atoms with E-state index in [4.69, 9.17) is 18.9 Å². The second-order valence-corrected chi connectivity index (χ2v) is 6.06. The normalized spacial score (nSPS) is 12.4. The van der Waals surface area contributed by atoms with Crippen LogP contribution in [0.5, 0.6) is 11.5 Å². The van der Waals surface area contributed by atoms with Gasteiger partial charge in [-0.25, -0.2) is 14.0 Å². The number of halogens is 1. The third kappa shape index (κ3) is 4.23. The van der Waals surface area contributed by atoms with Crippen LogP contribution < -0.4 is 9.47 Å². The van der Waals surface area contributed by atoms with Crippen molar-refractivity contribution in [2.24, 2.45) is 0 Å². The largest absolute Gasteiger partial charge is 0.486 e. The van der Waals surface area contributed by atoms with Crippen LogP contribution >= 0.6 is 0 Å². The van der Waals surface area contributed by atoms with Crippen LogP contribution in [0.15, 0.2) is 24.4 Å². The molecule has 2 heterocycles. The number of ketones is 1. The fourth-order valence-electron chi connectivity index (χ4n) is 2.88. The van der Waals surface area contributed by atoms with E-state index in [9.17, 15) is 18.8 Å². The summed E-state index contributed by atoms with van der Waals surface area (Å²) in [5.74, 6) is -2.69. The highest BCUT2D eigenvalue weighted by Gasteiger charge is 2.25. The van der Waals surface area contributed by atoms with Crippen molar-refractivity contribution in [3.8, 4) is 11.5 Å². The quantitative estimate of drug-likeness (QED) is 0.516.